The minimum Gasteiger partial charge on any atom is -0.492 e. The Bertz CT molecular complexity index is 886. The molecule has 1 heterocycles. The standard InChI is InChI=1S/C23H27N3O4/c1-2-17-5-8-21(30-14-11-26-9-12-29-13-10-26)20(15-17)22(23(27)28)25-19-6-3-18(16-24)4-7-19/h3-8,15,22,25H,2,9-14H2,1H3,(H,27,28). The third-order valence-corrected chi connectivity index (χ3v) is 5.13. The molecule has 7 heteroatoms. The molecule has 1 saturated heterocycles. The molecule has 1 aliphatic heterocycles. The Kier molecular flexibility index (Phi) is 7.66. The van der Waals surface area contributed by atoms with Crippen molar-refractivity contribution in [2.45, 2.75) is 19.4 Å². The number of carbonyl (C=O) groups is 1. The number of rotatable bonds is 9. The Hall–Kier alpha value is -3.08. The smallest absolute Gasteiger partial charge is 0.330 e. The molecule has 7 nitrogen and oxygen atoms in total. The normalized spacial score (nSPS) is 15.2. The predicted molar refractivity (Wildman–Crippen MR) is 114 cm³/mol. The van der Waals surface area contributed by atoms with Crippen molar-refractivity contribution in [3.63, 3.8) is 0 Å². The van der Waals surface area contributed by atoms with Crippen molar-refractivity contribution in [3.05, 3.63) is 59.2 Å². The van der Waals surface area contributed by atoms with Gasteiger partial charge in [0.25, 0.3) is 0 Å². The average molecular weight is 409 g/mol. The first-order valence-corrected chi connectivity index (χ1v) is 10.2. The number of morpholine rings is 1. The third kappa shape index (κ3) is 5.72. The van der Waals surface area contributed by atoms with Gasteiger partial charge in [-0.3, -0.25) is 4.90 Å². The van der Waals surface area contributed by atoms with E-state index >= 15 is 0 Å². The van der Waals surface area contributed by atoms with Gasteiger partial charge in [-0.2, -0.15) is 5.26 Å². The van der Waals surface area contributed by atoms with Gasteiger partial charge in [0.2, 0.25) is 0 Å². The summed E-state index contributed by atoms with van der Waals surface area (Å²) in [5.41, 5.74) is 2.78. The molecule has 2 aromatic rings. The molecule has 2 aromatic carbocycles. The van der Waals surface area contributed by atoms with Crippen molar-refractivity contribution >= 4 is 11.7 Å². The van der Waals surface area contributed by atoms with Gasteiger partial charge in [0.05, 0.1) is 24.8 Å². The Balaban J connectivity index is 1.78. The molecule has 158 valence electrons. The van der Waals surface area contributed by atoms with E-state index in [4.69, 9.17) is 14.7 Å². The Morgan fingerprint density at radius 3 is 2.63 bits per heavy atom. The van der Waals surface area contributed by atoms with Gasteiger partial charge in [-0.15, -0.1) is 0 Å². The zero-order valence-corrected chi connectivity index (χ0v) is 17.1. The molecule has 0 radical (unpaired) electrons. The van der Waals surface area contributed by atoms with Crippen LogP contribution in [0.2, 0.25) is 0 Å². The van der Waals surface area contributed by atoms with Crippen LogP contribution in [0.15, 0.2) is 42.5 Å². The van der Waals surface area contributed by atoms with Gasteiger partial charge in [-0.1, -0.05) is 13.0 Å². The van der Waals surface area contributed by atoms with Crippen LogP contribution < -0.4 is 10.1 Å². The molecule has 0 amide bonds. The van der Waals surface area contributed by atoms with E-state index in [-0.39, 0.29) is 0 Å². The molecule has 3 rings (SSSR count). The van der Waals surface area contributed by atoms with Gasteiger partial charge in [0, 0.05) is 30.9 Å². The molecular weight excluding hydrogens is 382 g/mol. The number of nitrogens with one attached hydrogen (secondary N) is 1. The summed E-state index contributed by atoms with van der Waals surface area (Å²) in [4.78, 5) is 14.4. The lowest BCUT2D eigenvalue weighted by Crippen LogP contribution is -2.38. The summed E-state index contributed by atoms with van der Waals surface area (Å²) in [6, 6.07) is 13.5. The Morgan fingerprint density at radius 2 is 2.00 bits per heavy atom. The van der Waals surface area contributed by atoms with Crippen LogP contribution >= 0.6 is 0 Å². The van der Waals surface area contributed by atoms with Gasteiger partial charge >= 0.3 is 5.97 Å². The van der Waals surface area contributed by atoms with Crippen molar-refractivity contribution in [2.75, 3.05) is 44.8 Å². The van der Waals surface area contributed by atoms with E-state index in [2.05, 4.69) is 16.3 Å². The first kappa shape index (κ1) is 21.6. The maximum atomic E-state index is 12.1. The van der Waals surface area contributed by atoms with E-state index in [9.17, 15) is 9.90 Å². The lowest BCUT2D eigenvalue weighted by molar-refractivity contribution is -0.138. The molecule has 0 aromatic heterocycles. The highest BCUT2D eigenvalue weighted by Crippen LogP contribution is 2.30. The van der Waals surface area contributed by atoms with Gasteiger partial charge in [-0.05, 0) is 48.4 Å². The van der Waals surface area contributed by atoms with Crippen LogP contribution in [0, 0.1) is 11.3 Å². The fourth-order valence-electron chi connectivity index (χ4n) is 3.36. The lowest BCUT2D eigenvalue weighted by Gasteiger charge is -2.27. The van der Waals surface area contributed by atoms with Crippen LogP contribution in [0.1, 0.15) is 29.7 Å². The molecule has 0 bridgehead atoms. The fraction of sp³-hybridized carbons (Fsp3) is 0.391. The largest absolute Gasteiger partial charge is 0.492 e. The zero-order chi connectivity index (χ0) is 21.3. The predicted octanol–water partition coefficient (Wildman–Crippen LogP) is 3.07. The van der Waals surface area contributed by atoms with E-state index in [1.165, 1.54) is 0 Å². The maximum absolute atomic E-state index is 12.1. The summed E-state index contributed by atoms with van der Waals surface area (Å²) in [6.07, 6.45) is 0.796. The number of carboxylic acid groups (broad SMARTS) is 1. The molecule has 1 unspecified atom stereocenters. The van der Waals surface area contributed by atoms with Crippen LogP contribution in [0.25, 0.3) is 0 Å². The molecule has 1 aliphatic rings. The lowest BCUT2D eigenvalue weighted by atomic mass is 10.0. The summed E-state index contributed by atoms with van der Waals surface area (Å²) in [6.45, 7) is 6.48. The first-order chi connectivity index (χ1) is 14.6. The Labute approximate surface area is 176 Å². The van der Waals surface area contributed by atoms with E-state index in [0.29, 0.717) is 29.2 Å². The highest BCUT2D eigenvalue weighted by Gasteiger charge is 2.24. The van der Waals surface area contributed by atoms with Crippen molar-refractivity contribution in [1.82, 2.24) is 4.90 Å². The maximum Gasteiger partial charge on any atom is 0.330 e. The number of aliphatic carboxylic acids is 1. The van der Waals surface area contributed by atoms with E-state index < -0.39 is 12.0 Å². The van der Waals surface area contributed by atoms with Crippen molar-refractivity contribution in [2.24, 2.45) is 0 Å². The second kappa shape index (κ2) is 10.6. The van der Waals surface area contributed by atoms with Crippen molar-refractivity contribution in [3.8, 4) is 11.8 Å². The van der Waals surface area contributed by atoms with Crippen molar-refractivity contribution < 1.29 is 19.4 Å². The minimum atomic E-state index is -0.995. The summed E-state index contributed by atoms with van der Waals surface area (Å²) in [5, 5.41) is 21.9. The summed E-state index contributed by atoms with van der Waals surface area (Å²) in [5.74, 6) is -0.431. The third-order valence-electron chi connectivity index (χ3n) is 5.13. The van der Waals surface area contributed by atoms with Crippen LogP contribution in [0.3, 0.4) is 0 Å². The molecule has 0 saturated carbocycles. The highest BCUT2D eigenvalue weighted by atomic mass is 16.5. The number of nitriles is 1. The fourth-order valence-corrected chi connectivity index (χ4v) is 3.36. The van der Waals surface area contributed by atoms with Crippen LogP contribution in [-0.2, 0) is 16.0 Å². The zero-order valence-electron chi connectivity index (χ0n) is 17.1. The molecule has 1 atom stereocenters. The van der Waals surface area contributed by atoms with E-state index in [1.54, 1.807) is 24.3 Å². The summed E-state index contributed by atoms with van der Waals surface area (Å²) in [7, 11) is 0. The summed E-state index contributed by atoms with van der Waals surface area (Å²) < 4.78 is 11.4. The number of hydrogen-bond acceptors (Lipinski definition) is 6. The number of hydrogen-bond donors (Lipinski definition) is 2. The van der Waals surface area contributed by atoms with Gasteiger partial charge < -0.3 is 19.9 Å². The molecule has 30 heavy (non-hydrogen) atoms. The van der Waals surface area contributed by atoms with E-state index in [1.807, 2.05) is 25.1 Å². The second-order valence-electron chi connectivity index (χ2n) is 7.13. The molecule has 2 N–H and O–H groups in total. The quantitative estimate of drug-likeness (QED) is 0.657. The number of aryl methyl sites for hydroxylation is 1. The van der Waals surface area contributed by atoms with Crippen molar-refractivity contribution in [1.29, 1.82) is 5.26 Å². The monoisotopic (exact) mass is 409 g/mol. The number of benzene rings is 2. The highest BCUT2D eigenvalue weighted by molar-refractivity contribution is 5.80. The molecular formula is C23H27N3O4. The van der Waals surface area contributed by atoms with Gasteiger partial charge in [-0.25, -0.2) is 4.79 Å². The number of anilines is 1. The van der Waals surface area contributed by atoms with Crippen LogP contribution in [0.5, 0.6) is 5.75 Å². The molecule has 1 fully saturated rings. The van der Waals surface area contributed by atoms with E-state index in [0.717, 1.165) is 44.8 Å². The number of carboxylic acids is 1. The SMILES string of the molecule is CCc1ccc(OCCN2CCOCC2)c(C(Nc2ccc(C#N)cc2)C(=O)O)c1. The minimum absolute atomic E-state index is 0.474. The number of nitrogens with zero attached hydrogens (tertiary/aromatic N) is 2. The molecule has 0 aliphatic carbocycles. The van der Waals surface area contributed by atoms with Gasteiger partial charge in [0.1, 0.15) is 12.4 Å². The second-order valence-corrected chi connectivity index (χ2v) is 7.13. The number of ether oxygens (including phenoxy) is 2. The first-order valence-electron chi connectivity index (χ1n) is 10.2. The van der Waals surface area contributed by atoms with Crippen LogP contribution in [-0.4, -0.2) is 55.4 Å². The Morgan fingerprint density at radius 1 is 1.27 bits per heavy atom. The summed E-state index contributed by atoms with van der Waals surface area (Å²) >= 11 is 0. The van der Waals surface area contributed by atoms with Crippen LogP contribution in [0.4, 0.5) is 5.69 Å². The van der Waals surface area contributed by atoms with Gasteiger partial charge in [0.15, 0.2) is 6.04 Å². The topological polar surface area (TPSA) is 94.8 Å². The average Bonchev–Trinajstić information content (AvgIpc) is 2.78. The molecule has 0 spiro atoms.